The molecule has 0 spiro atoms. The first-order chi connectivity index (χ1) is 21.1. The van der Waals surface area contributed by atoms with Crippen LogP contribution < -0.4 is 15.1 Å². The molecular formula is C34H21BrN4O4. The SMILES string of the molecule is O=c1oc2ccccc2c2c1C(c1ccc(OCc3ccccc3)cc1)c1c(ncn3nc(-c4ccccc4Br)nc13)O2. The highest BCUT2D eigenvalue weighted by atomic mass is 79.9. The van der Waals surface area contributed by atoms with Crippen LogP contribution in [0.4, 0.5) is 0 Å². The first-order valence-corrected chi connectivity index (χ1v) is 14.4. The molecule has 9 heteroatoms. The van der Waals surface area contributed by atoms with Crippen molar-refractivity contribution in [1.29, 1.82) is 0 Å². The second-order valence-electron chi connectivity index (χ2n) is 10.2. The fourth-order valence-corrected chi connectivity index (χ4v) is 5.98. The summed E-state index contributed by atoms with van der Waals surface area (Å²) in [5.74, 6) is 1.42. The van der Waals surface area contributed by atoms with E-state index < -0.39 is 11.5 Å². The zero-order valence-corrected chi connectivity index (χ0v) is 24.1. The number of rotatable bonds is 5. The largest absolute Gasteiger partial charge is 0.489 e. The van der Waals surface area contributed by atoms with Gasteiger partial charge in [0.15, 0.2) is 17.2 Å². The average Bonchev–Trinajstić information content (AvgIpc) is 3.48. The van der Waals surface area contributed by atoms with E-state index in [-0.39, 0.29) is 0 Å². The number of hydrogen-bond donors (Lipinski definition) is 0. The number of ether oxygens (including phenoxy) is 2. The number of para-hydroxylation sites is 1. The van der Waals surface area contributed by atoms with Gasteiger partial charge in [0.2, 0.25) is 5.88 Å². The third-order valence-electron chi connectivity index (χ3n) is 7.54. The molecule has 0 N–H and O–H groups in total. The molecule has 0 bridgehead atoms. The van der Waals surface area contributed by atoms with Gasteiger partial charge in [-0.15, -0.1) is 5.10 Å². The summed E-state index contributed by atoms with van der Waals surface area (Å²) in [6.07, 6.45) is 1.58. The van der Waals surface area contributed by atoms with Crippen molar-refractivity contribution < 1.29 is 13.9 Å². The third kappa shape index (κ3) is 4.36. The van der Waals surface area contributed by atoms with Crippen molar-refractivity contribution in [2.24, 2.45) is 0 Å². The lowest BCUT2D eigenvalue weighted by atomic mass is 9.84. The second kappa shape index (κ2) is 10.2. The number of aromatic nitrogens is 4. The molecule has 0 radical (unpaired) electrons. The van der Waals surface area contributed by atoms with E-state index in [4.69, 9.17) is 24.0 Å². The van der Waals surface area contributed by atoms with Crippen molar-refractivity contribution in [1.82, 2.24) is 19.6 Å². The second-order valence-corrected chi connectivity index (χ2v) is 11.0. The Kier molecular flexibility index (Phi) is 6.04. The summed E-state index contributed by atoms with van der Waals surface area (Å²) in [6.45, 7) is 0.445. The van der Waals surface area contributed by atoms with Crippen LogP contribution in [0.2, 0.25) is 0 Å². The van der Waals surface area contributed by atoms with E-state index in [0.717, 1.165) is 21.2 Å². The Balaban J connectivity index is 1.30. The van der Waals surface area contributed by atoms with E-state index in [9.17, 15) is 4.79 Å². The molecule has 8 rings (SSSR count). The molecule has 0 saturated carbocycles. The number of nitrogens with zero attached hydrogens (tertiary/aromatic N) is 4. The van der Waals surface area contributed by atoms with Crippen LogP contribution in [-0.4, -0.2) is 19.6 Å². The zero-order valence-electron chi connectivity index (χ0n) is 22.5. The summed E-state index contributed by atoms with van der Waals surface area (Å²) in [5.41, 5.74) is 4.23. The van der Waals surface area contributed by atoms with Crippen LogP contribution in [0.25, 0.3) is 28.0 Å². The van der Waals surface area contributed by atoms with Crippen LogP contribution in [0.15, 0.2) is 123 Å². The maximum Gasteiger partial charge on any atom is 0.344 e. The van der Waals surface area contributed by atoms with E-state index in [1.165, 1.54) is 0 Å². The quantitative estimate of drug-likeness (QED) is 0.182. The van der Waals surface area contributed by atoms with Crippen LogP contribution in [-0.2, 0) is 6.61 Å². The van der Waals surface area contributed by atoms with Crippen LogP contribution in [0.3, 0.4) is 0 Å². The number of halogens is 1. The molecule has 1 unspecified atom stereocenters. The van der Waals surface area contributed by atoms with E-state index in [0.29, 0.717) is 57.6 Å². The minimum absolute atomic E-state index is 0.358. The van der Waals surface area contributed by atoms with Gasteiger partial charge in [0.1, 0.15) is 24.3 Å². The van der Waals surface area contributed by atoms with Gasteiger partial charge in [-0.25, -0.2) is 19.3 Å². The van der Waals surface area contributed by atoms with Crippen LogP contribution in [0.5, 0.6) is 17.4 Å². The van der Waals surface area contributed by atoms with Crippen molar-refractivity contribution in [3.8, 4) is 28.8 Å². The lowest BCUT2D eigenvalue weighted by Gasteiger charge is -2.27. The Morgan fingerprint density at radius 3 is 2.47 bits per heavy atom. The summed E-state index contributed by atoms with van der Waals surface area (Å²) >= 11 is 3.61. The van der Waals surface area contributed by atoms with Gasteiger partial charge in [0, 0.05) is 10.0 Å². The summed E-state index contributed by atoms with van der Waals surface area (Å²) < 4.78 is 20.7. The molecule has 7 aromatic rings. The van der Waals surface area contributed by atoms with Crippen molar-refractivity contribution in [3.63, 3.8) is 0 Å². The Bertz CT molecular complexity index is 2210. The number of hydrogen-bond acceptors (Lipinski definition) is 7. The molecule has 0 saturated heterocycles. The monoisotopic (exact) mass is 628 g/mol. The Labute approximate surface area is 253 Å². The lowest BCUT2D eigenvalue weighted by molar-refractivity contribution is 0.306. The minimum atomic E-state index is -0.588. The van der Waals surface area contributed by atoms with Gasteiger partial charge in [-0.2, -0.15) is 0 Å². The molecule has 43 heavy (non-hydrogen) atoms. The van der Waals surface area contributed by atoms with Crippen LogP contribution in [0.1, 0.15) is 28.2 Å². The Morgan fingerprint density at radius 1 is 0.860 bits per heavy atom. The Morgan fingerprint density at radius 2 is 1.63 bits per heavy atom. The molecule has 0 amide bonds. The molecule has 1 atom stereocenters. The highest BCUT2D eigenvalue weighted by Gasteiger charge is 2.37. The average molecular weight is 629 g/mol. The van der Waals surface area contributed by atoms with E-state index in [1.807, 2.05) is 97.1 Å². The van der Waals surface area contributed by atoms with Crippen molar-refractivity contribution in [2.75, 3.05) is 0 Å². The van der Waals surface area contributed by atoms with Crippen LogP contribution in [0, 0.1) is 0 Å². The highest BCUT2D eigenvalue weighted by Crippen LogP contribution is 2.49. The lowest BCUT2D eigenvalue weighted by Crippen LogP contribution is -2.22. The van der Waals surface area contributed by atoms with Gasteiger partial charge in [-0.05, 0) is 47.5 Å². The normalized spacial score (nSPS) is 13.8. The van der Waals surface area contributed by atoms with Crippen molar-refractivity contribution in [2.45, 2.75) is 12.5 Å². The number of benzene rings is 4. The van der Waals surface area contributed by atoms with E-state index >= 15 is 0 Å². The van der Waals surface area contributed by atoms with Crippen LogP contribution >= 0.6 is 15.9 Å². The third-order valence-corrected chi connectivity index (χ3v) is 8.23. The van der Waals surface area contributed by atoms with Gasteiger partial charge < -0.3 is 13.9 Å². The van der Waals surface area contributed by atoms with Gasteiger partial charge >= 0.3 is 5.63 Å². The standard InChI is InChI=1S/C34H21BrN4O4/c35-25-12-6-4-10-23(25)31-37-32-29-27(21-14-16-22(17-15-21)41-18-20-8-2-1-3-9-20)28-30(43-33(29)36-19-39(32)38-31)24-11-5-7-13-26(24)42-34(28)40/h1-17,19,27H,18H2. The first-order valence-electron chi connectivity index (χ1n) is 13.6. The van der Waals surface area contributed by atoms with Gasteiger partial charge in [-0.3, -0.25) is 0 Å². The summed E-state index contributed by atoms with van der Waals surface area (Å²) in [5, 5.41) is 5.40. The van der Waals surface area contributed by atoms with Gasteiger partial charge in [-0.1, -0.05) is 82.7 Å². The van der Waals surface area contributed by atoms with E-state index in [1.54, 1.807) is 16.9 Å². The summed E-state index contributed by atoms with van der Waals surface area (Å²) in [6, 6.07) is 32.8. The Hall–Kier alpha value is -5.28. The molecule has 3 aromatic heterocycles. The molecule has 8 nitrogen and oxygen atoms in total. The molecule has 0 aliphatic carbocycles. The smallest absolute Gasteiger partial charge is 0.344 e. The number of fused-ring (bicyclic) bond motifs is 6. The van der Waals surface area contributed by atoms with Gasteiger partial charge in [0.05, 0.1) is 22.4 Å². The summed E-state index contributed by atoms with van der Waals surface area (Å²) in [7, 11) is 0. The predicted molar refractivity (Wildman–Crippen MR) is 165 cm³/mol. The molecule has 4 aromatic carbocycles. The van der Waals surface area contributed by atoms with E-state index in [2.05, 4.69) is 20.9 Å². The highest BCUT2D eigenvalue weighted by molar-refractivity contribution is 9.10. The fraction of sp³-hybridized carbons (Fsp3) is 0.0588. The maximum atomic E-state index is 13.7. The topological polar surface area (TPSA) is 91.8 Å². The van der Waals surface area contributed by atoms with Crippen molar-refractivity contribution in [3.05, 3.63) is 147 Å². The molecule has 4 heterocycles. The molecule has 208 valence electrons. The maximum absolute atomic E-state index is 13.7. The zero-order chi connectivity index (χ0) is 28.9. The first kappa shape index (κ1) is 25.4. The molecular weight excluding hydrogens is 608 g/mol. The molecule has 1 aliphatic rings. The molecule has 1 aliphatic heterocycles. The fourth-order valence-electron chi connectivity index (χ4n) is 5.52. The summed E-state index contributed by atoms with van der Waals surface area (Å²) in [4.78, 5) is 23.2. The van der Waals surface area contributed by atoms with Crippen molar-refractivity contribution >= 4 is 32.5 Å². The molecule has 0 fully saturated rings. The predicted octanol–water partition coefficient (Wildman–Crippen LogP) is 7.53. The van der Waals surface area contributed by atoms with Gasteiger partial charge in [0.25, 0.3) is 0 Å². The minimum Gasteiger partial charge on any atom is -0.489 e.